The molecule has 1 aromatic rings. The molecular weight excluding hydrogens is 290 g/mol. The van der Waals surface area contributed by atoms with Gasteiger partial charge in [-0.25, -0.2) is 0 Å². The predicted octanol–water partition coefficient (Wildman–Crippen LogP) is 0.666. The summed E-state index contributed by atoms with van der Waals surface area (Å²) in [6, 6.07) is 0.624. The number of anilines is 1. The molecule has 7 nitrogen and oxygen atoms in total. The first kappa shape index (κ1) is 14.6. The third-order valence-corrected chi connectivity index (χ3v) is 5.24. The predicted molar refractivity (Wildman–Crippen MR) is 80.8 cm³/mol. The van der Waals surface area contributed by atoms with E-state index in [9.17, 15) is 4.79 Å². The first-order chi connectivity index (χ1) is 10.1. The zero-order valence-electron chi connectivity index (χ0n) is 12.2. The molecule has 1 unspecified atom stereocenters. The van der Waals surface area contributed by atoms with Gasteiger partial charge in [0.1, 0.15) is 0 Å². The molecule has 1 aromatic heterocycles. The number of aliphatic carboxylic acids is 1. The van der Waals surface area contributed by atoms with Gasteiger partial charge >= 0.3 is 5.97 Å². The van der Waals surface area contributed by atoms with Crippen LogP contribution >= 0.6 is 11.8 Å². The lowest BCUT2D eigenvalue weighted by molar-refractivity contribution is -0.133. The number of carboxylic acid groups (broad SMARTS) is 1. The molecule has 2 aliphatic rings. The van der Waals surface area contributed by atoms with Gasteiger partial charge in [0, 0.05) is 26.2 Å². The summed E-state index contributed by atoms with van der Waals surface area (Å²) in [6.45, 7) is 4.43. The second-order valence-corrected chi connectivity index (χ2v) is 6.60. The van der Waals surface area contributed by atoms with E-state index in [-0.39, 0.29) is 5.75 Å². The number of carboxylic acids is 1. The highest BCUT2D eigenvalue weighted by Crippen LogP contribution is 2.26. The Morgan fingerprint density at radius 1 is 1.33 bits per heavy atom. The van der Waals surface area contributed by atoms with Crippen LogP contribution in [0, 0.1) is 0 Å². The van der Waals surface area contributed by atoms with Crippen molar-refractivity contribution in [2.45, 2.75) is 30.5 Å². The smallest absolute Gasteiger partial charge is 0.313 e. The molecule has 2 fully saturated rings. The van der Waals surface area contributed by atoms with Crippen LogP contribution in [-0.2, 0) is 11.8 Å². The van der Waals surface area contributed by atoms with Gasteiger partial charge in [-0.3, -0.25) is 14.3 Å². The van der Waals surface area contributed by atoms with Gasteiger partial charge in [-0.05, 0) is 32.4 Å². The molecule has 0 aromatic carbocycles. The Kier molecular flexibility index (Phi) is 4.34. The summed E-state index contributed by atoms with van der Waals surface area (Å²) >= 11 is 1.21. The van der Waals surface area contributed by atoms with E-state index in [1.807, 2.05) is 11.6 Å². The Morgan fingerprint density at radius 3 is 2.81 bits per heavy atom. The largest absolute Gasteiger partial charge is 0.481 e. The van der Waals surface area contributed by atoms with Gasteiger partial charge in [0.05, 0.1) is 5.75 Å². The summed E-state index contributed by atoms with van der Waals surface area (Å²) in [7, 11) is 1.91. The lowest BCUT2D eigenvalue weighted by atomic mass is 10.2. The van der Waals surface area contributed by atoms with E-state index < -0.39 is 5.97 Å². The first-order valence-corrected chi connectivity index (χ1v) is 8.36. The lowest BCUT2D eigenvalue weighted by Gasteiger charge is -2.23. The van der Waals surface area contributed by atoms with Crippen LogP contribution in [0.4, 0.5) is 5.95 Å². The van der Waals surface area contributed by atoms with Gasteiger partial charge in [-0.2, -0.15) is 0 Å². The lowest BCUT2D eigenvalue weighted by Crippen LogP contribution is -2.35. The van der Waals surface area contributed by atoms with Gasteiger partial charge in [0.25, 0.3) is 0 Å². The number of aromatic nitrogens is 3. The number of carbonyl (C=O) groups is 1. The quantitative estimate of drug-likeness (QED) is 0.801. The molecule has 1 atom stereocenters. The number of hydrogen-bond donors (Lipinski definition) is 1. The van der Waals surface area contributed by atoms with Crippen LogP contribution < -0.4 is 4.90 Å². The fraction of sp³-hybridized carbons (Fsp3) is 0.769. The van der Waals surface area contributed by atoms with Crippen LogP contribution in [-0.4, -0.2) is 68.7 Å². The first-order valence-electron chi connectivity index (χ1n) is 7.38. The van der Waals surface area contributed by atoms with Crippen molar-refractivity contribution in [3.63, 3.8) is 0 Å². The van der Waals surface area contributed by atoms with Gasteiger partial charge in [0.15, 0.2) is 5.16 Å². The maximum absolute atomic E-state index is 10.6. The van der Waals surface area contributed by atoms with Crippen LogP contribution in [0.25, 0.3) is 0 Å². The minimum absolute atomic E-state index is 0.0162. The van der Waals surface area contributed by atoms with Crippen LogP contribution in [0.5, 0.6) is 0 Å². The van der Waals surface area contributed by atoms with E-state index in [2.05, 4.69) is 20.0 Å². The summed E-state index contributed by atoms with van der Waals surface area (Å²) in [5.41, 5.74) is 0. The molecule has 1 N–H and O–H groups in total. The topological polar surface area (TPSA) is 74.5 Å². The van der Waals surface area contributed by atoms with Crippen molar-refractivity contribution < 1.29 is 9.90 Å². The SMILES string of the molecule is Cn1c(SCC(=O)O)nnc1N1CCC(N2CCCC2)C1. The molecule has 3 rings (SSSR count). The molecule has 21 heavy (non-hydrogen) atoms. The van der Waals surface area contributed by atoms with Crippen LogP contribution in [0.3, 0.4) is 0 Å². The maximum Gasteiger partial charge on any atom is 0.313 e. The van der Waals surface area contributed by atoms with Crippen LogP contribution in [0.2, 0.25) is 0 Å². The number of rotatable bonds is 5. The Morgan fingerprint density at radius 2 is 2.10 bits per heavy atom. The molecule has 0 spiro atoms. The third kappa shape index (κ3) is 3.16. The zero-order chi connectivity index (χ0) is 14.8. The molecule has 0 bridgehead atoms. The minimum Gasteiger partial charge on any atom is -0.481 e. The van der Waals surface area contributed by atoms with Gasteiger partial charge in [0.2, 0.25) is 5.95 Å². The highest BCUT2D eigenvalue weighted by molar-refractivity contribution is 7.99. The zero-order valence-corrected chi connectivity index (χ0v) is 13.1. The molecule has 116 valence electrons. The van der Waals surface area contributed by atoms with E-state index in [0.29, 0.717) is 11.2 Å². The summed E-state index contributed by atoms with van der Waals surface area (Å²) < 4.78 is 1.90. The van der Waals surface area contributed by atoms with Crippen molar-refractivity contribution in [1.82, 2.24) is 19.7 Å². The monoisotopic (exact) mass is 311 g/mol. The molecule has 0 radical (unpaired) electrons. The summed E-state index contributed by atoms with van der Waals surface area (Å²) in [6.07, 6.45) is 3.80. The van der Waals surface area contributed by atoms with Crippen molar-refractivity contribution >= 4 is 23.7 Å². The molecule has 2 aliphatic heterocycles. The van der Waals surface area contributed by atoms with Crippen LogP contribution in [0.1, 0.15) is 19.3 Å². The number of thioether (sulfide) groups is 1. The second-order valence-electron chi connectivity index (χ2n) is 5.66. The Hall–Kier alpha value is -1.28. The van der Waals surface area contributed by atoms with E-state index in [1.54, 1.807) is 0 Å². The van der Waals surface area contributed by atoms with Gasteiger partial charge in [-0.1, -0.05) is 11.8 Å². The molecule has 0 aliphatic carbocycles. The van der Waals surface area contributed by atoms with Crippen molar-refractivity contribution in [3.8, 4) is 0 Å². The van der Waals surface area contributed by atoms with Crippen molar-refractivity contribution in [1.29, 1.82) is 0 Å². The summed E-state index contributed by atoms with van der Waals surface area (Å²) in [5.74, 6) is 0.0342. The van der Waals surface area contributed by atoms with E-state index in [1.165, 1.54) is 44.1 Å². The second kappa shape index (κ2) is 6.23. The number of hydrogen-bond acceptors (Lipinski definition) is 6. The highest BCUT2D eigenvalue weighted by atomic mass is 32.2. The third-order valence-electron chi connectivity index (χ3n) is 4.24. The van der Waals surface area contributed by atoms with Crippen molar-refractivity contribution in [3.05, 3.63) is 0 Å². The van der Waals surface area contributed by atoms with Crippen molar-refractivity contribution in [2.75, 3.05) is 36.8 Å². The molecular formula is C13H21N5O2S. The molecule has 0 saturated carbocycles. The normalized spacial score (nSPS) is 23.1. The number of nitrogens with zero attached hydrogens (tertiary/aromatic N) is 5. The fourth-order valence-electron chi connectivity index (χ4n) is 3.16. The summed E-state index contributed by atoms with van der Waals surface area (Å²) in [4.78, 5) is 15.5. The minimum atomic E-state index is -0.834. The maximum atomic E-state index is 10.6. The van der Waals surface area contributed by atoms with Gasteiger partial charge in [-0.15, -0.1) is 10.2 Å². The standard InChI is InChI=1S/C13H21N5O2S/c1-16-12(14-15-13(16)21-9-11(19)20)18-7-4-10(8-18)17-5-2-3-6-17/h10H,2-9H2,1H3,(H,19,20). The van der Waals surface area contributed by atoms with E-state index in [4.69, 9.17) is 5.11 Å². The Bertz CT molecular complexity index is 515. The average Bonchev–Trinajstić information content (AvgIpc) is 3.16. The van der Waals surface area contributed by atoms with E-state index >= 15 is 0 Å². The van der Waals surface area contributed by atoms with E-state index in [0.717, 1.165) is 19.0 Å². The number of likely N-dealkylation sites (tertiary alicyclic amines) is 1. The Labute approximate surface area is 128 Å². The average molecular weight is 311 g/mol. The summed E-state index contributed by atoms with van der Waals surface area (Å²) in [5, 5.41) is 17.8. The molecule has 0 amide bonds. The van der Waals surface area contributed by atoms with Crippen molar-refractivity contribution in [2.24, 2.45) is 7.05 Å². The van der Waals surface area contributed by atoms with Gasteiger partial charge < -0.3 is 10.0 Å². The Balaban J connectivity index is 1.63. The highest BCUT2D eigenvalue weighted by Gasteiger charge is 2.31. The molecule has 2 saturated heterocycles. The van der Waals surface area contributed by atoms with Crippen LogP contribution in [0.15, 0.2) is 5.16 Å². The molecule has 3 heterocycles. The fourth-order valence-corrected chi connectivity index (χ4v) is 3.79. The molecule has 8 heteroatoms.